The van der Waals surface area contributed by atoms with Gasteiger partial charge in [-0.05, 0) is 25.5 Å². The number of carbonyl (C=O) groups is 4. The second-order valence-electron chi connectivity index (χ2n) is 8.81. The molecule has 11 nitrogen and oxygen atoms in total. The van der Waals surface area contributed by atoms with E-state index in [0.29, 0.717) is 18.8 Å². The van der Waals surface area contributed by atoms with Crippen LogP contribution < -0.4 is 10.6 Å². The van der Waals surface area contributed by atoms with E-state index in [1.807, 2.05) is 11.6 Å². The predicted molar refractivity (Wildman–Crippen MR) is 121 cm³/mol. The van der Waals surface area contributed by atoms with Crippen molar-refractivity contribution in [2.75, 3.05) is 6.61 Å². The monoisotopic (exact) mass is 519 g/mol. The molecule has 2 aromatic rings. The molecule has 1 unspecified atom stereocenters. The van der Waals surface area contributed by atoms with E-state index in [-0.39, 0.29) is 60.4 Å². The highest BCUT2D eigenvalue weighted by Crippen LogP contribution is 2.35. The number of hydrogen-bond donors (Lipinski definition) is 2. The molecule has 0 bridgehead atoms. The van der Waals surface area contributed by atoms with Crippen molar-refractivity contribution in [1.82, 2.24) is 25.3 Å². The fraction of sp³-hybridized carbons (Fsp3) is 0.435. The highest BCUT2D eigenvalue weighted by atomic mass is 35.5. The molecule has 1 aromatic carbocycles. The van der Waals surface area contributed by atoms with E-state index < -0.39 is 35.7 Å². The van der Waals surface area contributed by atoms with Gasteiger partial charge < -0.3 is 19.7 Å². The number of halogens is 2. The average Bonchev–Trinajstić information content (AvgIpc) is 3.41. The zero-order chi connectivity index (χ0) is 25.6. The lowest BCUT2D eigenvalue weighted by atomic mass is 10.0. The fourth-order valence-electron chi connectivity index (χ4n) is 4.66. The van der Waals surface area contributed by atoms with E-state index in [0.717, 1.165) is 5.69 Å². The predicted octanol–water partition coefficient (Wildman–Crippen LogP) is 1.95. The number of benzene rings is 1. The molecule has 2 N–H and O–H groups in total. The molecular weight excluding hydrogens is 497 g/mol. The number of nitrogens with one attached hydrogen (secondary N) is 2. The zero-order valence-electron chi connectivity index (χ0n) is 19.3. The summed E-state index contributed by atoms with van der Waals surface area (Å²) < 4.78 is 27.9. The van der Waals surface area contributed by atoms with Gasteiger partial charge in [-0.1, -0.05) is 11.6 Å². The highest BCUT2D eigenvalue weighted by molar-refractivity contribution is 6.32. The van der Waals surface area contributed by atoms with Crippen LogP contribution >= 0.6 is 11.6 Å². The third-order valence-corrected chi connectivity index (χ3v) is 6.84. The van der Waals surface area contributed by atoms with Crippen molar-refractivity contribution in [1.29, 1.82) is 0 Å². The SMILES string of the molecule is C[C@H]1OCCn2nc(COC(=O)NCc3cc(Cl)c4c(c3F)C(=O)N(C3CCC(=O)NC3=O)C4)cc21. The Kier molecular flexibility index (Phi) is 6.39. The summed E-state index contributed by atoms with van der Waals surface area (Å²) in [5.41, 5.74) is 1.47. The molecule has 0 saturated carbocycles. The Labute approximate surface area is 209 Å². The third-order valence-electron chi connectivity index (χ3n) is 6.51. The van der Waals surface area contributed by atoms with Crippen LogP contribution in [-0.4, -0.2) is 51.1 Å². The largest absolute Gasteiger partial charge is 0.443 e. The number of hydrogen-bond acceptors (Lipinski definition) is 7. The molecule has 1 fully saturated rings. The Morgan fingerprint density at radius 3 is 2.92 bits per heavy atom. The van der Waals surface area contributed by atoms with Crippen LogP contribution in [0.1, 0.15) is 58.7 Å². The number of amides is 4. The van der Waals surface area contributed by atoms with Crippen LogP contribution in [-0.2, 0) is 45.3 Å². The number of carbonyl (C=O) groups excluding carboxylic acids is 4. The molecule has 3 aliphatic rings. The van der Waals surface area contributed by atoms with E-state index >= 15 is 4.39 Å². The van der Waals surface area contributed by atoms with Gasteiger partial charge in [0, 0.05) is 35.7 Å². The van der Waals surface area contributed by atoms with Crippen LogP contribution in [0.5, 0.6) is 0 Å². The lowest BCUT2D eigenvalue weighted by molar-refractivity contribution is -0.136. The number of alkyl carbamates (subject to hydrolysis) is 1. The van der Waals surface area contributed by atoms with E-state index in [1.165, 1.54) is 11.0 Å². The molecule has 4 heterocycles. The summed E-state index contributed by atoms with van der Waals surface area (Å²) in [6.07, 6.45) is -0.665. The van der Waals surface area contributed by atoms with Crippen LogP contribution in [0.25, 0.3) is 0 Å². The van der Waals surface area contributed by atoms with Gasteiger partial charge in [0.15, 0.2) is 0 Å². The van der Waals surface area contributed by atoms with Crippen LogP contribution in [0.15, 0.2) is 12.1 Å². The standard InChI is InChI=1S/C23H23ClFN5O6/c1-11-17-7-13(28-30(17)4-5-35-11)10-36-23(34)26-8-12-6-15(24)14-9-29(22(33)19(14)20(12)25)16-2-3-18(31)27-21(16)32/h6-7,11,16H,2-5,8-10H2,1H3,(H,26,34)(H,27,31,32)/t11-,16?/m1/s1. The van der Waals surface area contributed by atoms with Gasteiger partial charge in [-0.25, -0.2) is 9.18 Å². The van der Waals surface area contributed by atoms with Crippen LogP contribution in [0.2, 0.25) is 5.02 Å². The molecule has 1 aromatic heterocycles. The molecule has 1 saturated heterocycles. The van der Waals surface area contributed by atoms with Crippen molar-refractivity contribution in [3.05, 3.63) is 51.1 Å². The average molecular weight is 520 g/mol. The molecule has 5 rings (SSSR count). The normalized spacial score (nSPS) is 21.2. The number of imide groups is 1. The number of aromatic nitrogens is 2. The molecule has 4 amide bonds. The number of nitrogens with zero attached hydrogens (tertiary/aromatic N) is 3. The summed E-state index contributed by atoms with van der Waals surface area (Å²) >= 11 is 6.33. The Hall–Kier alpha value is -3.51. The van der Waals surface area contributed by atoms with Gasteiger partial charge >= 0.3 is 6.09 Å². The first-order chi connectivity index (χ1) is 17.2. The van der Waals surface area contributed by atoms with Gasteiger partial charge in [0.25, 0.3) is 5.91 Å². The number of ether oxygens (including phenoxy) is 2. The molecule has 2 atom stereocenters. The highest BCUT2D eigenvalue weighted by Gasteiger charge is 2.42. The van der Waals surface area contributed by atoms with E-state index in [2.05, 4.69) is 15.7 Å². The first kappa shape index (κ1) is 24.2. The second kappa shape index (κ2) is 9.51. The van der Waals surface area contributed by atoms with Gasteiger partial charge in [0.2, 0.25) is 11.8 Å². The number of fused-ring (bicyclic) bond motifs is 2. The molecule has 13 heteroatoms. The van der Waals surface area contributed by atoms with E-state index in [1.54, 1.807) is 6.07 Å². The number of rotatable bonds is 5. The lowest BCUT2D eigenvalue weighted by Crippen LogP contribution is -2.52. The van der Waals surface area contributed by atoms with Crippen molar-refractivity contribution in [2.24, 2.45) is 0 Å². The Balaban J connectivity index is 1.23. The van der Waals surface area contributed by atoms with Gasteiger partial charge in [-0.3, -0.25) is 24.4 Å². The summed E-state index contributed by atoms with van der Waals surface area (Å²) in [5, 5.41) is 9.17. The first-order valence-electron chi connectivity index (χ1n) is 11.5. The molecule has 190 valence electrons. The molecular formula is C23H23ClFN5O6. The van der Waals surface area contributed by atoms with Crippen LogP contribution in [0.4, 0.5) is 9.18 Å². The maximum Gasteiger partial charge on any atom is 0.407 e. The third kappa shape index (κ3) is 4.42. The van der Waals surface area contributed by atoms with Gasteiger partial charge in [0.1, 0.15) is 24.2 Å². The lowest BCUT2D eigenvalue weighted by Gasteiger charge is -2.29. The van der Waals surface area contributed by atoms with E-state index in [9.17, 15) is 19.2 Å². The fourth-order valence-corrected chi connectivity index (χ4v) is 4.95. The molecule has 0 spiro atoms. The Bertz CT molecular complexity index is 1280. The zero-order valence-corrected chi connectivity index (χ0v) is 20.1. The minimum atomic E-state index is -0.891. The Morgan fingerprint density at radius 2 is 2.17 bits per heavy atom. The van der Waals surface area contributed by atoms with Gasteiger partial charge in [0.05, 0.1) is 30.5 Å². The maximum absolute atomic E-state index is 15.3. The van der Waals surface area contributed by atoms with Crippen molar-refractivity contribution in [3.63, 3.8) is 0 Å². The van der Waals surface area contributed by atoms with Crippen molar-refractivity contribution in [3.8, 4) is 0 Å². The van der Waals surface area contributed by atoms with Crippen molar-refractivity contribution >= 4 is 35.4 Å². The minimum Gasteiger partial charge on any atom is -0.443 e. The van der Waals surface area contributed by atoms with Gasteiger partial charge in [-0.15, -0.1) is 0 Å². The summed E-state index contributed by atoms with van der Waals surface area (Å²) in [4.78, 5) is 50.1. The van der Waals surface area contributed by atoms with Crippen molar-refractivity contribution in [2.45, 2.75) is 58.2 Å². The number of piperidine rings is 1. The maximum atomic E-state index is 15.3. The van der Waals surface area contributed by atoms with Crippen LogP contribution in [0.3, 0.4) is 0 Å². The van der Waals surface area contributed by atoms with Crippen LogP contribution in [0, 0.1) is 5.82 Å². The summed E-state index contributed by atoms with van der Waals surface area (Å²) in [7, 11) is 0. The minimum absolute atomic E-state index is 0.00222. The van der Waals surface area contributed by atoms with E-state index in [4.69, 9.17) is 21.1 Å². The topological polar surface area (TPSA) is 132 Å². The smallest absolute Gasteiger partial charge is 0.407 e. The molecule has 0 aliphatic carbocycles. The second-order valence-corrected chi connectivity index (χ2v) is 9.22. The van der Waals surface area contributed by atoms with Crippen molar-refractivity contribution < 1.29 is 33.0 Å². The summed E-state index contributed by atoms with van der Waals surface area (Å²) in [6, 6.07) is 2.25. The molecule has 0 radical (unpaired) electrons. The summed E-state index contributed by atoms with van der Waals surface area (Å²) in [6.45, 7) is 2.68. The van der Waals surface area contributed by atoms with Gasteiger partial charge in [-0.2, -0.15) is 5.10 Å². The molecule has 36 heavy (non-hydrogen) atoms. The first-order valence-corrected chi connectivity index (χ1v) is 11.8. The molecule has 3 aliphatic heterocycles. The Morgan fingerprint density at radius 1 is 1.36 bits per heavy atom. The summed E-state index contributed by atoms with van der Waals surface area (Å²) in [5.74, 6) is -2.54. The quantitative estimate of drug-likeness (QED) is 0.577.